The van der Waals surface area contributed by atoms with Crippen LogP contribution < -0.4 is 5.32 Å². The van der Waals surface area contributed by atoms with Crippen molar-refractivity contribution in [1.29, 1.82) is 0 Å². The molecule has 0 saturated carbocycles. The molecular formula is C14H28N2O3. The first-order valence-electron chi connectivity index (χ1n) is 7.34. The van der Waals surface area contributed by atoms with Gasteiger partial charge in [0.1, 0.15) is 6.61 Å². The molecule has 19 heavy (non-hydrogen) atoms. The molecule has 0 unspecified atom stereocenters. The Hall–Kier alpha value is -0.650. The van der Waals surface area contributed by atoms with Gasteiger partial charge in [-0.1, -0.05) is 26.2 Å². The van der Waals surface area contributed by atoms with Gasteiger partial charge in [0.2, 0.25) is 5.91 Å². The number of hydrogen-bond acceptors (Lipinski definition) is 4. The normalized spacial score (nSPS) is 17.0. The first kappa shape index (κ1) is 16.4. The number of aliphatic hydroxyl groups is 1. The largest absolute Gasteiger partial charge is 0.395 e. The number of amides is 1. The Morgan fingerprint density at radius 2 is 2.05 bits per heavy atom. The summed E-state index contributed by atoms with van der Waals surface area (Å²) in [6, 6.07) is 0. The Kier molecular flexibility index (Phi) is 7.34. The molecule has 1 rings (SSSR count). The fraction of sp³-hybridized carbons (Fsp3) is 0.929. The summed E-state index contributed by atoms with van der Waals surface area (Å²) < 4.78 is 5.65. The van der Waals surface area contributed by atoms with Crippen LogP contribution >= 0.6 is 0 Å². The lowest BCUT2D eigenvalue weighted by Gasteiger charge is -2.39. The van der Waals surface area contributed by atoms with Gasteiger partial charge in [0.15, 0.2) is 0 Å². The number of hydrogen-bond donors (Lipinski definition) is 2. The molecule has 2 N–H and O–H groups in total. The molecule has 0 spiro atoms. The number of nitrogens with zero attached hydrogens (tertiary/aromatic N) is 1. The van der Waals surface area contributed by atoms with E-state index in [1.807, 2.05) is 6.92 Å². The molecule has 1 aliphatic rings. The first-order valence-corrected chi connectivity index (χ1v) is 7.34. The monoisotopic (exact) mass is 272 g/mol. The van der Waals surface area contributed by atoms with Crippen molar-refractivity contribution in [2.24, 2.45) is 0 Å². The summed E-state index contributed by atoms with van der Waals surface area (Å²) >= 11 is 0. The van der Waals surface area contributed by atoms with Crippen molar-refractivity contribution >= 4 is 5.91 Å². The molecule has 112 valence electrons. The van der Waals surface area contributed by atoms with Gasteiger partial charge in [-0.05, 0) is 13.3 Å². The zero-order chi connectivity index (χ0) is 14.1. The van der Waals surface area contributed by atoms with Crippen molar-refractivity contribution < 1.29 is 14.6 Å². The molecule has 1 fully saturated rings. The fourth-order valence-corrected chi connectivity index (χ4v) is 2.12. The number of carbonyl (C=O) groups is 1. The van der Waals surface area contributed by atoms with E-state index in [4.69, 9.17) is 9.84 Å². The summed E-state index contributed by atoms with van der Waals surface area (Å²) in [6.07, 6.45) is 4.51. The second-order valence-electron chi connectivity index (χ2n) is 5.51. The standard InChI is InChI=1S/C14H28N2O3/c1-3-4-5-6-7-16(8-9-17)13(18)10-19-14(2)11-15-12-14/h15,17H,3-12H2,1-2H3. The maximum Gasteiger partial charge on any atom is 0.248 e. The highest BCUT2D eigenvalue weighted by molar-refractivity contribution is 5.77. The van der Waals surface area contributed by atoms with Crippen LogP contribution in [0.25, 0.3) is 0 Å². The number of ether oxygens (including phenoxy) is 1. The van der Waals surface area contributed by atoms with Crippen molar-refractivity contribution in [3.8, 4) is 0 Å². The van der Waals surface area contributed by atoms with E-state index >= 15 is 0 Å². The minimum atomic E-state index is -0.192. The third kappa shape index (κ3) is 5.89. The van der Waals surface area contributed by atoms with Crippen molar-refractivity contribution in [1.82, 2.24) is 10.2 Å². The molecule has 0 bridgehead atoms. The summed E-state index contributed by atoms with van der Waals surface area (Å²) in [5.74, 6) is -0.0151. The molecule has 1 aliphatic heterocycles. The summed E-state index contributed by atoms with van der Waals surface area (Å²) in [7, 11) is 0. The molecular weight excluding hydrogens is 244 g/mol. The Morgan fingerprint density at radius 1 is 1.32 bits per heavy atom. The summed E-state index contributed by atoms with van der Waals surface area (Å²) in [6.45, 7) is 7.03. The lowest BCUT2D eigenvalue weighted by Crippen LogP contribution is -2.59. The topological polar surface area (TPSA) is 61.8 Å². The van der Waals surface area contributed by atoms with Crippen LogP contribution in [-0.4, -0.2) is 60.9 Å². The van der Waals surface area contributed by atoms with Crippen LogP contribution in [0.5, 0.6) is 0 Å². The van der Waals surface area contributed by atoms with Crippen LogP contribution in [0.4, 0.5) is 0 Å². The van der Waals surface area contributed by atoms with Gasteiger partial charge in [-0.2, -0.15) is 0 Å². The SMILES string of the molecule is CCCCCCN(CCO)C(=O)COC1(C)CNC1. The van der Waals surface area contributed by atoms with E-state index in [-0.39, 0.29) is 24.7 Å². The number of unbranched alkanes of at least 4 members (excludes halogenated alkanes) is 3. The second kappa shape index (κ2) is 8.51. The number of rotatable bonds is 10. The van der Waals surface area contributed by atoms with Crippen molar-refractivity contribution in [2.75, 3.05) is 39.4 Å². The van der Waals surface area contributed by atoms with Crippen LogP contribution in [0.1, 0.15) is 39.5 Å². The molecule has 5 heteroatoms. The molecule has 1 heterocycles. The highest BCUT2D eigenvalue weighted by atomic mass is 16.5. The molecule has 0 aromatic carbocycles. The van der Waals surface area contributed by atoms with Crippen LogP contribution in [0.2, 0.25) is 0 Å². The fourth-order valence-electron chi connectivity index (χ4n) is 2.12. The van der Waals surface area contributed by atoms with E-state index < -0.39 is 0 Å². The van der Waals surface area contributed by atoms with Gasteiger partial charge in [0, 0.05) is 26.2 Å². The Balaban J connectivity index is 2.26. The van der Waals surface area contributed by atoms with E-state index in [2.05, 4.69) is 12.2 Å². The van der Waals surface area contributed by atoms with Gasteiger partial charge >= 0.3 is 0 Å². The van der Waals surface area contributed by atoms with Gasteiger partial charge in [-0.3, -0.25) is 4.79 Å². The third-order valence-electron chi connectivity index (χ3n) is 3.55. The maximum atomic E-state index is 12.1. The van der Waals surface area contributed by atoms with E-state index in [1.54, 1.807) is 4.90 Å². The first-order chi connectivity index (χ1) is 9.11. The lowest BCUT2D eigenvalue weighted by atomic mass is 10.0. The van der Waals surface area contributed by atoms with Gasteiger partial charge < -0.3 is 20.1 Å². The minimum absolute atomic E-state index is 0.0122. The van der Waals surface area contributed by atoms with Crippen molar-refractivity contribution in [2.45, 2.75) is 45.1 Å². The third-order valence-corrected chi connectivity index (χ3v) is 3.55. The van der Waals surface area contributed by atoms with Crippen LogP contribution in [-0.2, 0) is 9.53 Å². The number of nitrogens with one attached hydrogen (secondary N) is 1. The van der Waals surface area contributed by atoms with Crippen molar-refractivity contribution in [3.63, 3.8) is 0 Å². The van der Waals surface area contributed by atoms with Gasteiger partial charge in [0.25, 0.3) is 0 Å². The Morgan fingerprint density at radius 3 is 2.58 bits per heavy atom. The molecule has 0 aromatic rings. The zero-order valence-electron chi connectivity index (χ0n) is 12.3. The van der Waals surface area contributed by atoms with E-state index in [0.29, 0.717) is 6.54 Å². The summed E-state index contributed by atoms with van der Waals surface area (Å²) in [5.41, 5.74) is -0.192. The molecule has 0 aromatic heterocycles. The molecule has 0 radical (unpaired) electrons. The average Bonchev–Trinajstić information content (AvgIpc) is 2.37. The average molecular weight is 272 g/mol. The molecule has 5 nitrogen and oxygen atoms in total. The van der Waals surface area contributed by atoms with Gasteiger partial charge in [-0.15, -0.1) is 0 Å². The van der Waals surface area contributed by atoms with E-state index in [1.165, 1.54) is 12.8 Å². The smallest absolute Gasteiger partial charge is 0.248 e. The quantitative estimate of drug-likeness (QED) is 0.577. The Labute approximate surface area is 116 Å². The molecule has 0 atom stereocenters. The number of carbonyl (C=O) groups excluding carboxylic acids is 1. The molecule has 1 saturated heterocycles. The van der Waals surface area contributed by atoms with Crippen LogP contribution in [0, 0.1) is 0 Å². The predicted octanol–water partition coefficient (Wildman–Crippen LogP) is 0.766. The Bertz CT molecular complexity index is 267. The van der Waals surface area contributed by atoms with E-state index in [9.17, 15) is 4.79 Å². The highest BCUT2D eigenvalue weighted by Crippen LogP contribution is 2.15. The van der Waals surface area contributed by atoms with E-state index in [0.717, 1.165) is 32.5 Å². The predicted molar refractivity (Wildman–Crippen MR) is 75.0 cm³/mol. The van der Waals surface area contributed by atoms with Crippen LogP contribution in [0.3, 0.4) is 0 Å². The lowest BCUT2D eigenvalue weighted by molar-refractivity contribution is -0.146. The van der Waals surface area contributed by atoms with Crippen molar-refractivity contribution in [3.05, 3.63) is 0 Å². The number of aliphatic hydroxyl groups excluding tert-OH is 1. The zero-order valence-corrected chi connectivity index (χ0v) is 12.3. The molecule has 1 amide bonds. The maximum absolute atomic E-state index is 12.1. The van der Waals surface area contributed by atoms with Gasteiger partial charge in [-0.25, -0.2) is 0 Å². The van der Waals surface area contributed by atoms with Crippen LogP contribution in [0.15, 0.2) is 0 Å². The second-order valence-corrected chi connectivity index (χ2v) is 5.51. The summed E-state index contributed by atoms with van der Waals surface area (Å²) in [5, 5.41) is 12.2. The minimum Gasteiger partial charge on any atom is -0.395 e. The molecule has 0 aliphatic carbocycles. The summed E-state index contributed by atoms with van der Waals surface area (Å²) in [4.78, 5) is 13.8. The highest BCUT2D eigenvalue weighted by Gasteiger charge is 2.33. The van der Waals surface area contributed by atoms with Gasteiger partial charge in [0.05, 0.1) is 12.2 Å².